The van der Waals surface area contributed by atoms with Crippen LogP contribution in [0.25, 0.3) is 11.0 Å². The van der Waals surface area contributed by atoms with Gasteiger partial charge in [-0.05, 0) is 37.0 Å². The van der Waals surface area contributed by atoms with Gasteiger partial charge in [0.1, 0.15) is 5.58 Å². The van der Waals surface area contributed by atoms with Gasteiger partial charge in [-0.25, -0.2) is 0 Å². The maximum atomic E-state index is 12.5. The number of furan rings is 1. The van der Waals surface area contributed by atoms with Crippen molar-refractivity contribution in [3.05, 3.63) is 35.6 Å². The fraction of sp³-hybridized carbons (Fsp3) is 0.471. The molecule has 1 saturated heterocycles. The van der Waals surface area contributed by atoms with Crippen molar-refractivity contribution >= 4 is 16.9 Å². The van der Waals surface area contributed by atoms with Crippen LogP contribution in [-0.2, 0) is 17.6 Å². The van der Waals surface area contributed by atoms with Crippen molar-refractivity contribution < 1.29 is 14.3 Å². The van der Waals surface area contributed by atoms with E-state index in [1.54, 1.807) is 6.26 Å². The first kappa shape index (κ1) is 14.1. The summed E-state index contributed by atoms with van der Waals surface area (Å²) in [4.78, 5) is 14.3. The van der Waals surface area contributed by atoms with Gasteiger partial charge in [-0.15, -0.1) is 0 Å². The van der Waals surface area contributed by atoms with Gasteiger partial charge >= 0.3 is 0 Å². The molecule has 0 unspecified atom stereocenters. The van der Waals surface area contributed by atoms with Crippen LogP contribution in [0.3, 0.4) is 0 Å². The fourth-order valence-corrected chi connectivity index (χ4v) is 3.10. The number of amides is 1. The number of likely N-dealkylation sites (tertiary alicyclic amines) is 1. The average Bonchev–Trinajstić information content (AvgIpc) is 3.13. The van der Waals surface area contributed by atoms with E-state index < -0.39 is 0 Å². The maximum Gasteiger partial charge on any atom is 0.227 e. The van der Waals surface area contributed by atoms with E-state index in [0.717, 1.165) is 42.3 Å². The van der Waals surface area contributed by atoms with Gasteiger partial charge in [0.15, 0.2) is 0 Å². The van der Waals surface area contributed by atoms with E-state index >= 15 is 0 Å². The van der Waals surface area contributed by atoms with Crippen LogP contribution in [0.2, 0.25) is 0 Å². The highest BCUT2D eigenvalue weighted by molar-refractivity contribution is 5.88. The van der Waals surface area contributed by atoms with Gasteiger partial charge in [-0.3, -0.25) is 4.79 Å². The third kappa shape index (κ3) is 2.68. The standard InChI is InChI=1S/C17H21NO3/c1-2-12-5-6-16-15(8-12)13(11-21-16)9-17(20)18-7-3-4-14(18)10-19/h5-6,8,11,14,19H,2-4,7,9-10H2,1H3/t14-/m1/s1. The highest BCUT2D eigenvalue weighted by Gasteiger charge is 2.28. The molecule has 2 heterocycles. The molecule has 0 spiro atoms. The van der Waals surface area contributed by atoms with Crippen molar-refractivity contribution in [2.45, 2.75) is 38.6 Å². The summed E-state index contributed by atoms with van der Waals surface area (Å²) < 4.78 is 5.55. The lowest BCUT2D eigenvalue weighted by Gasteiger charge is -2.22. The van der Waals surface area contributed by atoms with Crippen molar-refractivity contribution in [1.29, 1.82) is 0 Å². The number of hydrogen-bond donors (Lipinski definition) is 1. The maximum absolute atomic E-state index is 12.5. The number of aliphatic hydroxyl groups is 1. The van der Waals surface area contributed by atoms with Crippen molar-refractivity contribution in [3.63, 3.8) is 0 Å². The number of rotatable bonds is 4. The summed E-state index contributed by atoms with van der Waals surface area (Å²) in [5, 5.41) is 10.4. The second-order valence-electron chi connectivity index (χ2n) is 5.69. The Bertz CT molecular complexity index is 647. The molecule has 1 fully saturated rings. The summed E-state index contributed by atoms with van der Waals surface area (Å²) in [7, 11) is 0. The summed E-state index contributed by atoms with van der Waals surface area (Å²) in [5.41, 5.74) is 3.01. The minimum Gasteiger partial charge on any atom is -0.464 e. The second kappa shape index (κ2) is 5.90. The topological polar surface area (TPSA) is 53.7 Å². The highest BCUT2D eigenvalue weighted by Crippen LogP contribution is 2.25. The Morgan fingerprint density at radius 1 is 1.48 bits per heavy atom. The van der Waals surface area contributed by atoms with Crippen LogP contribution in [0.4, 0.5) is 0 Å². The monoisotopic (exact) mass is 287 g/mol. The Labute approximate surface area is 124 Å². The van der Waals surface area contributed by atoms with E-state index in [1.807, 2.05) is 11.0 Å². The Morgan fingerprint density at radius 2 is 2.33 bits per heavy atom. The summed E-state index contributed by atoms with van der Waals surface area (Å²) >= 11 is 0. The summed E-state index contributed by atoms with van der Waals surface area (Å²) in [6.07, 6.45) is 4.87. The van der Waals surface area contributed by atoms with E-state index in [-0.39, 0.29) is 18.6 Å². The van der Waals surface area contributed by atoms with Crippen LogP contribution in [-0.4, -0.2) is 35.1 Å². The van der Waals surface area contributed by atoms with Crippen molar-refractivity contribution in [3.8, 4) is 0 Å². The number of carbonyl (C=O) groups excluding carboxylic acids is 1. The zero-order valence-electron chi connectivity index (χ0n) is 12.3. The lowest BCUT2D eigenvalue weighted by Crippen LogP contribution is -2.38. The molecule has 1 atom stereocenters. The second-order valence-corrected chi connectivity index (χ2v) is 5.69. The quantitative estimate of drug-likeness (QED) is 0.940. The third-order valence-corrected chi connectivity index (χ3v) is 4.38. The predicted octanol–water partition coefficient (Wildman–Crippen LogP) is 2.52. The molecule has 2 aromatic rings. The average molecular weight is 287 g/mol. The number of nitrogens with zero attached hydrogens (tertiary/aromatic N) is 1. The predicted molar refractivity (Wildman–Crippen MR) is 81.1 cm³/mol. The van der Waals surface area contributed by atoms with Crippen LogP contribution in [0.1, 0.15) is 30.9 Å². The number of aliphatic hydroxyl groups excluding tert-OH is 1. The summed E-state index contributed by atoms with van der Waals surface area (Å²) in [5.74, 6) is 0.0798. The van der Waals surface area contributed by atoms with Gasteiger partial charge in [0, 0.05) is 17.5 Å². The van der Waals surface area contributed by atoms with E-state index in [2.05, 4.69) is 19.1 Å². The number of fused-ring (bicyclic) bond motifs is 1. The molecule has 1 aliphatic rings. The molecule has 1 aromatic heterocycles. The minimum absolute atomic E-state index is 0.0122. The molecule has 3 rings (SSSR count). The van der Waals surface area contributed by atoms with Crippen molar-refractivity contribution in [2.75, 3.05) is 13.2 Å². The Kier molecular flexibility index (Phi) is 3.97. The molecule has 4 heteroatoms. The molecule has 0 saturated carbocycles. The Balaban J connectivity index is 1.82. The minimum atomic E-state index is -0.0122. The molecule has 4 nitrogen and oxygen atoms in total. The van der Waals surface area contributed by atoms with Gasteiger partial charge in [0.25, 0.3) is 0 Å². The fourth-order valence-electron chi connectivity index (χ4n) is 3.10. The first-order chi connectivity index (χ1) is 10.2. The van der Waals surface area contributed by atoms with Crippen molar-refractivity contribution in [2.24, 2.45) is 0 Å². The van der Waals surface area contributed by atoms with E-state index in [9.17, 15) is 9.90 Å². The SMILES string of the molecule is CCc1ccc2occ(CC(=O)N3CCC[C@@H]3CO)c2c1. The van der Waals surface area contributed by atoms with Gasteiger partial charge in [-0.1, -0.05) is 13.0 Å². The van der Waals surface area contributed by atoms with Gasteiger partial charge in [-0.2, -0.15) is 0 Å². The zero-order chi connectivity index (χ0) is 14.8. The number of hydrogen-bond acceptors (Lipinski definition) is 3. The van der Waals surface area contributed by atoms with Crippen molar-refractivity contribution in [1.82, 2.24) is 4.90 Å². The molecule has 1 aliphatic heterocycles. The molecule has 21 heavy (non-hydrogen) atoms. The smallest absolute Gasteiger partial charge is 0.227 e. The van der Waals surface area contributed by atoms with Gasteiger partial charge < -0.3 is 14.4 Å². The number of benzene rings is 1. The van der Waals surface area contributed by atoms with Gasteiger partial charge in [0.05, 0.1) is 25.3 Å². The molecular formula is C17H21NO3. The summed E-state index contributed by atoms with van der Waals surface area (Å²) in [6, 6.07) is 6.12. The first-order valence-electron chi connectivity index (χ1n) is 7.62. The normalized spacial score (nSPS) is 18.6. The zero-order valence-corrected chi connectivity index (χ0v) is 12.3. The number of aryl methyl sites for hydroxylation is 1. The van der Waals surface area contributed by atoms with Crippen LogP contribution >= 0.6 is 0 Å². The third-order valence-electron chi connectivity index (χ3n) is 4.38. The van der Waals surface area contributed by atoms with Crippen LogP contribution in [0, 0.1) is 0 Å². The molecule has 1 amide bonds. The lowest BCUT2D eigenvalue weighted by atomic mass is 10.1. The molecular weight excluding hydrogens is 266 g/mol. The van der Waals surface area contributed by atoms with E-state index in [0.29, 0.717) is 6.42 Å². The molecule has 1 aromatic carbocycles. The molecule has 0 bridgehead atoms. The largest absolute Gasteiger partial charge is 0.464 e. The lowest BCUT2D eigenvalue weighted by molar-refractivity contribution is -0.131. The Morgan fingerprint density at radius 3 is 3.10 bits per heavy atom. The molecule has 112 valence electrons. The van der Waals surface area contributed by atoms with E-state index in [1.165, 1.54) is 5.56 Å². The summed E-state index contributed by atoms with van der Waals surface area (Å²) in [6.45, 7) is 2.92. The van der Waals surface area contributed by atoms with Gasteiger partial charge in [0.2, 0.25) is 5.91 Å². The van der Waals surface area contributed by atoms with E-state index in [4.69, 9.17) is 4.42 Å². The van der Waals surface area contributed by atoms with Crippen LogP contribution in [0.15, 0.2) is 28.9 Å². The highest BCUT2D eigenvalue weighted by atomic mass is 16.3. The first-order valence-corrected chi connectivity index (χ1v) is 7.62. The Hall–Kier alpha value is -1.81. The molecule has 1 N–H and O–H groups in total. The molecule has 0 aliphatic carbocycles. The molecule has 0 radical (unpaired) electrons. The van der Waals surface area contributed by atoms with Crippen LogP contribution in [0.5, 0.6) is 0 Å². The number of carbonyl (C=O) groups is 1. The van der Waals surface area contributed by atoms with Crippen LogP contribution < -0.4 is 0 Å².